The van der Waals surface area contributed by atoms with Crippen LogP contribution in [0.15, 0.2) is 84.9 Å². The molecule has 1 N–H and O–H groups in total. The maximum atomic E-state index is 13.6. The molecule has 0 unspecified atom stereocenters. The van der Waals surface area contributed by atoms with Crippen molar-refractivity contribution in [3.63, 3.8) is 0 Å². The van der Waals surface area contributed by atoms with Gasteiger partial charge >= 0.3 is 6.03 Å². The van der Waals surface area contributed by atoms with Crippen LogP contribution < -0.4 is 5.32 Å². The van der Waals surface area contributed by atoms with E-state index in [1.807, 2.05) is 60.7 Å². The van der Waals surface area contributed by atoms with Gasteiger partial charge in [0.2, 0.25) is 0 Å². The van der Waals surface area contributed by atoms with Gasteiger partial charge in [-0.2, -0.15) is 5.26 Å². The molecule has 4 rings (SSSR count). The Labute approximate surface area is 162 Å². The first-order valence-electron chi connectivity index (χ1n) is 8.89. The van der Waals surface area contributed by atoms with E-state index in [4.69, 9.17) is 5.26 Å². The molecule has 5 heteroatoms. The van der Waals surface area contributed by atoms with Gasteiger partial charge in [-0.15, -0.1) is 0 Å². The van der Waals surface area contributed by atoms with Crippen molar-refractivity contribution in [2.45, 2.75) is 12.1 Å². The summed E-state index contributed by atoms with van der Waals surface area (Å²) in [7, 11) is 0. The van der Waals surface area contributed by atoms with E-state index >= 15 is 0 Å². The van der Waals surface area contributed by atoms with E-state index in [1.54, 1.807) is 24.3 Å². The molecule has 0 aromatic heterocycles. The molecule has 5 nitrogen and oxygen atoms in total. The molecule has 0 atom stereocenters. The Balaban J connectivity index is 1.76. The van der Waals surface area contributed by atoms with Crippen molar-refractivity contribution < 1.29 is 9.59 Å². The van der Waals surface area contributed by atoms with E-state index in [2.05, 4.69) is 11.4 Å². The normalized spacial score (nSPS) is 15.2. The van der Waals surface area contributed by atoms with Gasteiger partial charge in [-0.1, -0.05) is 72.8 Å². The van der Waals surface area contributed by atoms with Gasteiger partial charge in [0.15, 0.2) is 5.54 Å². The molecule has 3 amide bonds. The Morgan fingerprint density at radius 1 is 0.821 bits per heavy atom. The van der Waals surface area contributed by atoms with Gasteiger partial charge in [0, 0.05) is 0 Å². The summed E-state index contributed by atoms with van der Waals surface area (Å²) in [6.07, 6.45) is 0. The number of imide groups is 1. The maximum Gasteiger partial charge on any atom is 0.325 e. The first kappa shape index (κ1) is 17.5. The van der Waals surface area contributed by atoms with Crippen LogP contribution in [0.1, 0.15) is 22.3 Å². The number of amides is 3. The fraction of sp³-hybridized carbons (Fsp3) is 0.0870. The van der Waals surface area contributed by atoms with Gasteiger partial charge in [0.05, 0.1) is 18.2 Å². The number of nitrogens with one attached hydrogen (secondary N) is 1. The fourth-order valence-corrected chi connectivity index (χ4v) is 3.52. The van der Waals surface area contributed by atoms with Gasteiger partial charge in [0.25, 0.3) is 5.91 Å². The molecule has 1 heterocycles. The number of carbonyl (C=O) groups excluding carboxylic acids is 2. The number of urea groups is 1. The summed E-state index contributed by atoms with van der Waals surface area (Å²) < 4.78 is 0. The van der Waals surface area contributed by atoms with E-state index in [0.29, 0.717) is 16.7 Å². The second kappa shape index (κ2) is 7.01. The maximum absolute atomic E-state index is 13.6. The van der Waals surface area contributed by atoms with Crippen LogP contribution in [-0.4, -0.2) is 16.8 Å². The highest BCUT2D eigenvalue weighted by atomic mass is 16.2. The summed E-state index contributed by atoms with van der Waals surface area (Å²) >= 11 is 0. The van der Waals surface area contributed by atoms with Crippen molar-refractivity contribution in [2.24, 2.45) is 0 Å². The number of nitriles is 1. The summed E-state index contributed by atoms with van der Waals surface area (Å²) in [5.41, 5.74) is 1.47. The highest BCUT2D eigenvalue weighted by molar-refractivity contribution is 6.09. The predicted molar refractivity (Wildman–Crippen MR) is 104 cm³/mol. The van der Waals surface area contributed by atoms with Crippen LogP contribution >= 0.6 is 0 Å². The number of hydrogen-bond acceptors (Lipinski definition) is 3. The smallest absolute Gasteiger partial charge is 0.315 e. The minimum Gasteiger partial charge on any atom is -0.315 e. The number of benzene rings is 3. The van der Waals surface area contributed by atoms with Gasteiger partial charge in [-0.25, -0.2) is 4.79 Å². The van der Waals surface area contributed by atoms with Crippen molar-refractivity contribution in [1.29, 1.82) is 5.26 Å². The monoisotopic (exact) mass is 367 g/mol. The van der Waals surface area contributed by atoms with Crippen molar-refractivity contribution in [3.05, 3.63) is 107 Å². The standard InChI is InChI=1S/C23H17N3O2/c24-15-17-11-13-18(14-12-17)16-26-21(27)23(25-22(26)28,19-7-3-1-4-8-19)20-9-5-2-6-10-20/h1-14H,16H2,(H,25,28). The molecule has 0 saturated carbocycles. The number of hydrogen-bond donors (Lipinski definition) is 1. The lowest BCUT2D eigenvalue weighted by molar-refractivity contribution is -0.130. The Bertz CT molecular complexity index is 1020. The van der Waals surface area contributed by atoms with Gasteiger partial charge in [-0.3, -0.25) is 9.69 Å². The lowest BCUT2D eigenvalue weighted by Gasteiger charge is -2.28. The highest BCUT2D eigenvalue weighted by Crippen LogP contribution is 2.36. The van der Waals surface area contributed by atoms with Crippen molar-refractivity contribution in [1.82, 2.24) is 10.2 Å². The molecule has 28 heavy (non-hydrogen) atoms. The van der Waals surface area contributed by atoms with Crippen LogP contribution in [0.3, 0.4) is 0 Å². The van der Waals surface area contributed by atoms with E-state index in [-0.39, 0.29) is 12.5 Å². The van der Waals surface area contributed by atoms with Crippen LogP contribution in [0.25, 0.3) is 0 Å². The van der Waals surface area contributed by atoms with E-state index < -0.39 is 11.6 Å². The minimum absolute atomic E-state index is 0.137. The molecule has 1 saturated heterocycles. The number of carbonyl (C=O) groups is 2. The summed E-state index contributed by atoms with van der Waals surface area (Å²) in [6.45, 7) is 0.137. The lowest BCUT2D eigenvalue weighted by atomic mass is 9.82. The Morgan fingerprint density at radius 3 is 1.86 bits per heavy atom. The molecular weight excluding hydrogens is 350 g/mol. The molecule has 136 valence electrons. The first-order chi connectivity index (χ1) is 13.6. The molecule has 1 aliphatic heterocycles. The SMILES string of the molecule is N#Cc1ccc(CN2C(=O)NC(c3ccccc3)(c3ccccc3)C2=O)cc1. The summed E-state index contributed by atoms with van der Waals surface area (Å²) in [6, 6.07) is 27.0. The number of nitrogens with zero attached hydrogens (tertiary/aromatic N) is 2. The van der Waals surface area contributed by atoms with Crippen LogP contribution in [-0.2, 0) is 16.9 Å². The van der Waals surface area contributed by atoms with Gasteiger partial charge < -0.3 is 5.32 Å². The van der Waals surface area contributed by atoms with Crippen molar-refractivity contribution in [3.8, 4) is 6.07 Å². The summed E-state index contributed by atoms with van der Waals surface area (Å²) in [5, 5.41) is 11.9. The largest absolute Gasteiger partial charge is 0.325 e. The summed E-state index contributed by atoms with van der Waals surface area (Å²) in [4.78, 5) is 27.6. The topological polar surface area (TPSA) is 73.2 Å². The fourth-order valence-electron chi connectivity index (χ4n) is 3.52. The third kappa shape index (κ3) is 2.81. The van der Waals surface area contributed by atoms with E-state index in [0.717, 1.165) is 5.56 Å². The Kier molecular flexibility index (Phi) is 4.38. The third-order valence-electron chi connectivity index (χ3n) is 4.94. The second-order valence-electron chi connectivity index (χ2n) is 6.61. The molecule has 0 bridgehead atoms. The Morgan fingerprint density at radius 2 is 1.36 bits per heavy atom. The predicted octanol–water partition coefficient (Wildman–Crippen LogP) is 3.55. The first-order valence-corrected chi connectivity index (χ1v) is 8.89. The Hall–Kier alpha value is -3.91. The quantitative estimate of drug-likeness (QED) is 0.717. The molecule has 3 aromatic carbocycles. The summed E-state index contributed by atoms with van der Waals surface area (Å²) in [5.74, 6) is -0.320. The highest BCUT2D eigenvalue weighted by Gasteiger charge is 2.53. The molecule has 0 spiro atoms. The zero-order chi connectivity index (χ0) is 19.6. The molecule has 1 aliphatic rings. The third-order valence-corrected chi connectivity index (χ3v) is 4.94. The van der Waals surface area contributed by atoms with Gasteiger partial charge in [0.1, 0.15) is 0 Å². The van der Waals surface area contributed by atoms with Crippen LogP contribution in [0, 0.1) is 11.3 Å². The molecule has 3 aromatic rings. The second-order valence-corrected chi connectivity index (χ2v) is 6.61. The average Bonchev–Trinajstić information content (AvgIpc) is 3.01. The van der Waals surface area contributed by atoms with Crippen molar-refractivity contribution >= 4 is 11.9 Å². The average molecular weight is 367 g/mol. The van der Waals surface area contributed by atoms with E-state index in [9.17, 15) is 9.59 Å². The number of rotatable bonds is 4. The lowest BCUT2D eigenvalue weighted by Crippen LogP contribution is -2.45. The minimum atomic E-state index is -1.26. The van der Waals surface area contributed by atoms with E-state index in [1.165, 1.54) is 4.90 Å². The molecular formula is C23H17N3O2. The van der Waals surface area contributed by atoms with Gasteiger partial charge in [-0.05, 0) is 28.8 Å². The van der Waals surface area contributed by atoms with Crippen LogP contribution in [0.5, 0.6) is 0 Å². The van der Waals surface area contributed by atoms with Crippen LogP contribution in [0.4, 0.5) is 4.79 Å². The zero-order valence-electron chi connectivity index (χ0n) is 15.0. The zero-order valence-corrected chi connectivity index (χ0v) is 15.0. The molecule has 0 aliphatic carbocycles. The molecule has 1 fully saturated rings. The van der Waals surface area contributed by atoms with Crippen molar-refractivity contribution in [2.75, 3.05) is 0 Å². The van der Waals surface area contributed by atoms with Crippen LogP contribution in [0.2, 0.25) is 0 Å². The molecule has 0 radical (unpaired) electrons.